The number of amides is 1. The maximum absolute atomic E-state index is 11.8. The zero-order valence-corrected chi connectivity index (χ0v) is 21.6. The number of halogens is 2. The molecule has 1 saturated heterocycles. The molecule has 8 heteroatoms. The predicted molar refractivity (Wildman–Crippen MR) is 144 cm³/mol. The topological polar surface area (TPSA) is 82.8 Å². The van der Waals surface area contributed by atoms with Crippen molar-refractivity contribution in [1.82, 2.24) is 15.5 Å². The number of guanidine groups is 1. The monoisotopic (exact) mass is 515 g/mol. The number of hydrogen-bond acceptors (Lipinski definition) is 3. The standard InChI is InChI=1S/C27H35Cl2N5O/c28-21-10-11-23(25(29)16-21)24(17-26(30)35)20-8-6-19(7-9-20)18-32-27(34-14-12-31-13-15-34)33-22-4-2-1-3-5-22/h6-11,16,22,24,31H,1-5,12-15,17-18H2,(H2,30,35)(H,32,33). The van der Waals surface area contributed by atoms with Crippen LogP contribution in [0.15, 0.2) is 47.5 Å². The molecule has 0 radical (unpaired) electrons. The van der Waals surface area contributed by atoms with Gasteiger partial charge in [0.05, 0.1) is 6.04 Å². The summed E-state index contributed by atoms with van der Waals surface area (Å²) in [6.45, 7) is 4.59. The fourth-order valence-corrected chi connectivity index (χ4v) is 5.48. The van der Waals surface area contributed by atoms with Gasteiger partial charge in [0, 0.05) is 55.1 Å². The highest BCUT2D eigenvalue weighted by atomic mass is 35.5. The number of primary amides is 1. The number of nitrogens with two attached hydrogens (primary N) is 1. The van der Waals surface area contributed by atoms with Gasteiger partial charge in [-0.3, -0.25) is 4.79 Å². The van der Waals surface area contributed by atoms with E-state index in [1.54, 1.807) is 12.1 Å². The number of nitrogens with zero attached hydrogens (tertiary/aromatic N) is 2. The van der Waals surface area contributed by atoms with Crippen LogP contribution in [-0.2, 0) is 11.3 Å². The third-order valence-electron chi connectivity index (χ3n) is 6.87. The van der Waals surface area contributed by atoms with Crippen LogP contribution >= 0.6 is 23.2 Å². The Labute approximate surface area is 218 Å². The van der Waals surface area contributed by atoms with Crippen molar-refractivity contribution in [3.8, 4) is 0 Å². The van der Waals surface area contributed by atoms with Gasteiger partial charge in [-0.15, -0.1) is 0 Å². The largest absolute Gasteiger partial charge is 0.370 e. The summed E-state index contributed by atoms with van der Waals surface area (Å²) in [6, 6.07) is 14.1. The zero-order valence-electron chi connectivity index (χ0n) is 20.1. The van der Waals surface area contributed by atoms with Gasteiger partial charge in [0.15, 0.2) is 5.96 Å². The van der Waals surface area contributed by atoms with Crippen molar-refractivity contribution >= 4 is 35.1 Å². The molecule has 4 N–H and O–H groups in total. The summed E-state index contributed by atoms with van der Waals surface area (Å²) in [6.07, 6.45) is 6.41. The molecule has 2 aliphatic rings. The zero-order chi connectivity index (χ0) is 24.6. The lowest BCUT2D eigenvalue weighted by molar-refractivity contribution is -0.118. The van der Waals surface area contributed by atoms with Gasteiger partial charge in [0.25, 0.3) is 0 Å². The molecular formula is C27H35Cl2N5O. The first-order valence-corrected chi connectivity index (χ1v) is 13.3. The Balaban J connectivity index is 1.48. The van der Waals surface area contributed by atoms with Gasteiger partial charge in [-0.1, -0.05) is 72.8 Å². The number of piperazine rings is 1. The van der Waals surface area contributed by atoms with Crippen LogP contribution in [0.5, 0.6) is 0 Å². The van der Waals surface area contributed by atoms with Crippen LogP contribution in [-0.4, -0.2) is 49.0 Å². The molecule has 2 aromatic rings. The van der Waals surface area contributed by atoms with E-state index in [1.807, 2.05) is 6.07 Å². The second-order valence-corrected chi connectivity index (χ2v) is 10.3. The molecule has 4 rings (SSSR count). The summed E-state index contributed by atoms with van der Waals surface area (Å²) >= 11 is 12.5. The van der Waals surface area contributed by atoms with Crippen molar-refractivity contribution in [2.45, 2.75) is 57.0 Å². The quantitative estimate of drug-likeness (QED) is 0.369. The fraction of sp³-hybridized carbons (Fsp3) is 0.481. The number of nitrogens with one attached hydrogen (secondary N) is 2. The molecule has 0 bridgehead atoms. The van der Waals surface area contributed by atoms with E-state index in [0.29, 0.717) is 22.6 Å². The molecule has 1 saturated carbocycles. The molecular weight excluding hydrogens is 481 g/mol. The van der Waals surface area contributed by atoms with Crippen LogP contribution < -0.4 is 16.4 Å². The highest BCUT2D eigenvalue weighted by molar-refractivity contribution is 6.35. The maximum atomic E-state index is 11.8. The number of aliphatic imine (C=N–C) groups is 1. The lowest BCUT2D eigenvalue weighted by Crippen LogP contribution is -2.51. The van der Waals surface area contributed by atoms with E-state index < -0.39 is 0 Å². The number of hydrogen-bond donors (Lipinski definition) is 3. The van der Waals surface area contributed by atoms with E-state index in [1.165, 1.54) is 32.1 Å². The number of carbonyl (C=O) groups excluding carboxylic acids is 1. The second kappa shape index (κ2) is 12.6. The molecule has 0 spiro atoms. The van der Waals surface area contributed by atoms with Gasteiger partial charge in [-0.25, -0.2) is 4.99 Å². The molecule has 1 unspecified atom stereocenters. The van der Waals surface area contributed by atoms with Gasteiger partial charge >= 0.3 is 0 Å². The van der Waals surface area contributed by atoms with E-state index in [9.17, 15) is 4.79 Å². The molecule has 1 atom stereocenters. The molecule has 1 heterocycles. The Kier molecular flexibility index (Phi) is 9.30. The Morgan fingerprint density at radius 3 is 2.46 bits per heavy atom. The summed E-state index contributed by atoms with van der Waals surface area (Å²) in [5.74, 6) is 0.428. The Morgan fingerprint density at radius 2 is 1.80 bits per heavy atom. The lowest BCUT2D eigenvalue weighted by atomic mass is 9.88. The molecule has 1 aliphatic heterocycles. The molecule has 2 fully saturated rings. The average Bonchev–Trinajstić information content (AvgIpc) is 2.87. The highest BCUT2D eigenvalue weighted by Crippen LogP contribution is 2.34. The first-order valence-electron chi connectivity index (χ1n) is 12.6. The molecule has 188 valence electrons. The van der Waals surface area contributed by atoms with Gasteiger partial charge in [0.1, 0.15) is 0 Å². The first kappa shape index (κ1) is 25.8. The third kappa shape index (κ3) is 7.35. The van der Waals surface area contributed by atoms with Crippen LogP contribution in [0.1, 0.15) is 61.1 Å². The summed E-state index contributed by atoms with van der Waals surface area (Å²) < 4.78 is 0. The van der Waals surface area contributed by atoms with Crippen molar-refractivity contribution in [2.75, 3.05) is 26.2 Å². The SMILES string of the molecule is NC(=O)CC(c1ccc(CN/C(=N/C2CCCCC2)N2CCNCC2)cc1)c1ccc(Cl)cc1Cl. The highest BCUT2D eigenvalue weighted by Gasteiger charge is 2.21. The van der Waals surface area contributed by atoms with Gasteiger partial charge < -0.3 is 21.3 Å². The average molecular weight is 517 g/mol. The van der Waals surface area contributed by atoms with E-state index in [-0.39, 0.29) is 18.2 Å². The molecule has 1 amide bonds. The van der Waals surface area contributed by atoms with Crippen molar-refractivity contribution in [3.63, 3.8) is 0 Å². The molecule has 2 aromatic carbocycles. The summed E-state index contributed by atoms with van der Waals surface area (Å²) in [4.78, 5) is 19.3. The van der Waals surface area contributed by atoms with Crippen LogP contribution in [0.4, 0.5) is 0 Å². The van der Waals surface area contributed by atoms with Crippen LogP contribution in [0.2, 0.25) is 10.0 Å². The second-order valence-electron chi connectivity index (χ2n) is 9.47. The lowest BCUT2D eigenvalue weighted by Gasteiger charge is -2.32. The van der Waals surface area contributed by atoms with Crippen LogP contribution in [0, 0.1) is 0 Å². The van der Waals surface area contributed by atoms with Crippen molar-refractivity contribution in [2.24, 2.45) is 10.7 Å². The Hall–Kier alpha value is -2.28. The Morgan fingerprint density at radius 1 is 1.09 bits per heavy atom. The summed E-state index contributed by atoms with van der Waals surface area (Å²) in [5.41, 5.74) is 8.56. The van der Waals surface area contributed by atoms with E-state index in [4.69, 9.17) is 33.9 Å². The molecule has 35 heavy (non-hydrogen) atoms. The first-order chi connectivity index (χ1) is 17.0. The van der Waals surface area contributed by atoms with Crippen molar-refractivity contribution in [1.29, 1.82) is 0 Å². The molecule has 0 aromatic heterocycles. The van der Waals surface area contributed by atoms with E-state index in [0.717, 1.165) is 48.8 Å². The van der Waals surface area contributed by atoms with Crippen molar-refractivity contribution in [3.05, 3.63) is 69.2 Å². The van der Waals surface area contributed by atoms with Gasteiger partial charge in [0.2, 0.25) is 5.91 Å². The van der Waals surface area contributed by atoms with Crippen LogP contribution in [0.3, 0.4) is 0 Å². The number of rotatable bonds is 7. The minimum absolute atomic E-state index is 0.181. The van der Waals surface area contributed by atoms with Crippen LogP contribution in [0.25, 0.3) is 0 Å². The normalized spacial score (nSPS) is 18.3. The fourth-order valence-electron chi connectivity index (χ4n) is 4.94. The van der Waals surface area contributed by atoms with E-state index in [2.05, 4.69) is 39.8 Å². The predicted octanol–water partition coefficient (Wildman–Crippen LogP) is 4.68. The Bertz CT molecular complexity index is 1010. The minimum Gasteiger partial charge on any atom is -0.370 e. The van der Waals surface area contributed by atoms with Gasteiger partial charge in [-0.2, -0.15) is 0 Å². The summed E-state index contributed by atoms with van der Waals surface area (Å²) in [5, 5.41) is 8.14. The smallest absolute Gasteiger partial charge is 0.218 e. The maximum Gasteiger partial charge on any atom is 0.218 e. The summed E-state index contributed by atoms with van der Waals surface area (Å²) in [7, 11) is 0. The molecule has 6 nitrogen and oxygen atoms in total. The third-order valence-corrected chi connectivity index (χ3v) is 7.43. The number of benzene rings is 2. The van der Waals surface area contributed by atoms with E-state index >= 15 is 0 Å². The molecule has 1 aliphatic carbocycles. The van der Waals surface area contributed by atoms with Gasteiger partial charge in [-0.05, 0) is 41.7 Å². The minimum atomic E-state index is -0.369. The number of carbonyl (C=O) groups is 1. The van der Waals surface area contributed by atoms with Crippen molar-refractivity contribution < 1.29 is 4.79 Å².